The summed E-state index contributed by atoms with van der Waals surface area (Å²) in [5.41, 5.74) is 2.99. The molecular weight excluding hydrogens is 286 g/mol. The average Bonchev–Trinajstić information content (AvgIpc) is 2.67. The molecule has 1 atom stereocenters. The number of nitrogens with zero attached hydrogens (tertiary/aromatic N) is 2. The van der Waals surface area contributed by atoms with Gasteiger partial charge in [-0.05, 0) is 45.9 Å². The first-order valence-electron chi connectivity index (χ1n) is 6.88. The summed E-state index contributed by atoms with van der Waals surface area (Å²) >= 11 is 0. The monoisotopic (exact) mass is 307 g/mol. The highest BCUT2D eigenvalue weighted by Crippen LogP contribution is 2.11. The lowest BCUT2D eigenvalue weighted by molar-refractivity contribution is 0.485. The molecule has 0 saturated carbocycles. The first-order valence-corrected chi connectivity index (χ1v) is 8.36. The van der Waals surface area contributed by atoms with Crippen LogP contribution in [0.25, 0.3) is 0 Å². The van der Waals surface area contributed by atoms with Crippen molar-refractivity contribution < 1.29 is 8.42 Å². The molecule has 5 nitrogen and oxygen atoms in total. The molecule has 0 spiro atoms. The van der Waals surface area contributed by atoms with Gasteiger partial charge in [-0.3, -0.25) is 4.68 Å². The highest BCUT2D eigenvalue weighted by Gasteiger charge is 2.18. The topological polar surface area (TPSA) is 64.0 Å². The van der Waals surface area contributed by atoms with Crippen LogP contribution in [-0.2, 0) is 16.6 Å². The van der Waals surface area contributed by atoms with Crippen molar-refractivity contribution >= 4 is 10.0 Å². The van der Waals surface area contributed by atoms with E-state index in [1.807, 2.05) is 38.4 Å². The lowest BCUT2D eigenvalue weighted by atomic mass is 10.2. The Kier molecular flexibility index (Phi) is 4.49. The van der Waals surface area contributed by atoms with E-state index in [0.29, 0.717) is 6.54 Å². The van der Waals surface area contributed by atoms with E-state index in [-0.39, 0.29) is 10.9 Å². The van der Waals surface area contributed by atoms with Gasteiger partial charge in [-0.25, -0.2) is 13.1 Å². The fraction of sp³-hybridized carbons (Fsp3) is 0.400. The summed E-state index contributed by atoms with van der Waals surface area (Å²) < 4.78 is 29.1. The highest BCUT2D eigenvalue weighted by atomic mass is 32.2. The molecule has 1 aromatic carbocycles. The molecule has 1 heterocycles. The van der Waals surface area contributed by atoms with Gasteiger partial charge >= 0.3 is 0 Å². The summed E-state index contributed by atoms with van der Waals surface area (Å²) in [6, 6.07) is 8.55. The molecule has 114 valence electrons. The standard InChI is InChI=1S/C15H21N3O2S/c1-11-5-7-15(8-6-11)21(19,20)17-13(3)10-18-14(4)9-12(2)16-18/h5-9,13,17H,10H2,1-4H3/t13-/m0/s1. The van der Waals surface area contributed by atoms with Crippen molar-refractivity contribution in [3.8, 4) is 0 Å². The number of sulfonamides is 1. The van der Waals surface area contributed by atoms with Crippen LogP contribution < -0.4 is 4.72 Å². The van der Waals surface area contributed by atoms with Crippen molar-refractivity contribution in [3.63, 3.8) is 0 Å². The van der Waals surface area contributed by atoms with Crippen LogP contribution in [-0.4, -0.2) is 24.2 Å². The second-order valence-electron chi connectivity index (χ2n) is 5.44. The Morgan fingerprint density at radius 1 is 1.19 bits per heavy atom. The third kappa shape index (κ3) is 3.92. The molecule has 2 aromatic rings. The maximum absolute atomic E-state index is 12.3. The molecule has 6 heteroatoms. The number of hydrogen-bond donors (Lipinski definition) is 1. The van der Waals surface area contributed by atoms with E-state index in [9.17, 15) is 8.42 Å². The predicted molar refractivity (Wildman–Crippen MR) is 82.7 cm³/mol. The van der Waals surface area contributed by atoms with Crippen molar-refractivity contribution in [2.75, 3.05) is 0 Å². The molecule has 0 aliphatic heterocycles. The fourth-order valence-corrected chi connectivity index (χ4v) is 3.44. The van der Waals surface area contributed by atoms with Gasteiger partial charge in [-0.15, -0.1) is 0 Å². The molecule has 0 radical (unpaired) electrons. The predicted octanol–water partition coefficient (Wildman–Crippen LogP) is 2.18. The lowest BCUT2D eigenvalue weighted by Gasteiger charge is -2.15. The van der Waals surface area contributed by atoms with Gasteiger partial charge in [-0.2, -0.15) is 5.10 Å². The van der Waals surface area contributed by atoms with Gasteiger partial charge in [0.25, 0.3) is 0 Å². The first kappa shape index (κ1) is 15.7. The quantitative estimate of drug-likeness (QED) is 0.921. The summed E-state index contributed by atoms with van der Waals surface area (Å²) in [5, 5.41) is 4.35. The Bertz CT molecular complexity index is 718. The lowest BCUT2D eigenvalue weighted by Crippen LogP contribution is -2.36. The molecular formula is C15H21N3O2S. The summed E-state index contributed by atoms with van der Waals surface area (Å²) in [5.74, 6) is 0. The molecule has 21 heavy (non-hydrogen) atoms. The third-order valence-corrected chi connectivity index (χ3v) is 4.84. The zero-order valence-electron chi connectivity index (χ0n) is 12.8. The summed E-state index contributed by atoms with van der Waals surface area (Å²) in [4.78, 5) is 0.285. The third-order valence-electron chi connectivity index (χ3n) is 3.24. The van der Waals surface area contributed by atoms with E-state index in [2.05, 4.69) is 9.82 Å². The van der Waals surface area contributed by atoms with E-state index >= 15 is 0 Å². The Morgan fingerprint density at radius 3 is 2.33 bits per heavy atom. The Hall–Kier alpha value is -1.66. The molecule has 0 aliphatic carbocycles. The van der Waals surface area contributed by atoms with E-state index in [4.69, 9.17) is 0 Å². The molecule has 2 rings (SSSR count). The molecule has 0 saturated heterocycles. The van der Waals surface area contributed by atoms with E-state index in [0.717, 1.165) is 17.0 Å². The Balaban J connectivity index is 2.09. The minimum absolute atomic E-state index is 0.241. The molecule has 0 bridgehead atoms. The van der Waals surface area contributed by atoms with Crippen molar-refractivity contribution in [1.29, 1.82) is 0 Å². The van der Waals surface area contributed by atoms with Gasteiger partial charge in [0.05, 0.1) is 17.1 Å². The first-order chi connectivity index (χ1) is 9.78. The smallest absolute Gasteiger partial charge is 0.240 e. The van der Waals surface area contributed by atoms with E-state index in [1.54, 1.807) is 24.3 Å². The number of aryl methyl sites for hydroxylation is 3. The van der Waals surface area contributed by atoms with Crippen molar-refractivity contribution in [2.45, 2.75) is 45.2 Å². The maximum atomic E-state index is 12.3. The minimum Gasteiger partial charge on any atom is -0.268 e. The second kappa shape index (κ2) is 5.99. The number of nitrogens with one attached hydrogen (secondary N) is 1. The zero-order valence-corrected chi connectivity index (χ0v) is 13.6. The molecule has 0 unspecified atom stereocenters. The molecule has 0 fully saturated rings. The summed E-state index contributed by atoms with van der Waals surface area (Å²) in [6.07, 6.45) is 0. The van der Waals surface area contributed by atoms with Gasteiger partial charge in [-0.1, -0.05) is 17.7 Å². The van der Waals surface area contributed by atoms with Crippen molar-refractivity contribution in [3.05, 3.63) is 47.3 Å². The molecule has 0 aliphatic rings. The Morgan fingerprint density at radius 2 is 1.81 bits per heavy atom. The second-order valence-corrected chi connectivity index (χ2v) is 7.16. The highest BCUT2D eigenvalue weighted by molar-refractivity contribution is 7.89. The number of benzene rings is 1. The molecule has 1 N–H and O–H groups in total. The van der Waals surface area contributed by atoms with E-state index < -0.39 is 10.0 Å². The van der Waals surface area contributed by atoms with Crippen LogP contribution in [0.2, 0.25) is 0 Å². The summed E-state index contributed by atoms with van der Waals surface area (Å²) in [6.45, 7) is 8.15. The SMILES string of the molecule is Cc1ccc(S(=O)(=O)N[C@@H](C)Cn2nc(C)cc2C)cc1. The fourth-order valence-electron chi connectivity index (χ4n) is 2.21. The number of rotatable bonds is 5. The number of aromatic nitrogens is 2. The van der Waals surface area contributed by atoms with Gasteiger partial charge in [0.1, 0.15) is 0 Å². The van der Waals surface area contributed by atoms with Gasteiger partial charge < -0.3 is 0 Å². The van der Waals surface area contributed by atoms with Crippen LogP contribution in [0, 0.1) is 20.8 Å². The van der Waals surface area contributed by atoms with Crippen LogP contribution >= 0.6 is 0 Å². The number of hydrogen-bond acceptors (Lipinski definition) is 3. The zero-order chi connectivity index (χ0) is 15.6. The van der Waals surface area contributed by atoms with Crippen LogP contribution in [0.3, 0.4) is 0 Å². The Labute approximate surface area is 126 Å². The van der Waals surface area contributed by atoms with Crippen molar-refractivity contribution in [2.24, 2.45) is 0 Å². The van der Waals surface area contributed by atoms with Crippen LogP contribution in [0.15, 0.2) is 35.2 Å². The van der Waals surface area contributed by atoms with Crippen LogP contribution in [0.4, 0.5) is 0 Å². The van der Waals surface area contributed by atoms with E-state index in [1.165, 1.54) is 0 Å². The van der Waals surface area contributed by atoms with Crippen LogP contribution in [0.1, 0.15) is 23.9 Å². The van der Waals surface area contributed by atoms with Crippen molar-refractivity contribution in [1.82, 2.24) is 14.5 Å². The van der Waals surface area contributed by atoms with Gasteiger partial charge in [0.2, 0.25) is 10.0 Å². The van der Waals surface area contributed by atoms with Crippen LogP contribution in [0.5, 0.6) is 0 Å². The minimum atomic E-state index is -3.49. The molecule has 0 amide bonds. The van der Waals surface area contributed by atoms with Gasteiger partial charge in [0, 0.05) is 11.7 Å². The largest absolute Gasteiger partial charge is 0.268 e. The average molecular weight is 307 g/mol. The van der Waals surface area contributed by atoms with Gasteiger partial charge in [0.15, 0.2) is 0 Å². The maximum Gasteiger partial charge on any atom is 0.240 e. The molecule has 1 aromatic heterocycles. The summed E-state index contributed by atoms with van der Waals surface area (Å²) in [7, 11) is -3.49. The normalized spacial score (nSPS) is 13.3.